The van der Waals surface area contributed by atoms with Crippen LogP contribution < -0.4 is 5.32 Å². The van der Waals surface area contributed by atoms with Crippen LogP contribution in [-0.2, 0) is 6.18 Å². The molecule has 0 amide bonds. The van der Waals surface area contributed by atoms with Crippen molar-refractivity contribution in [2.24, 2.45) is 0 Å². The lowest BCUT2D eigenvalue weighted by Gasteiger charge is -2.22. The molecule has 2 atom stereocenters. The highest BCUT2D eigenvalue weighted by Crippen LogP contribution is 2.32. The number of anilines is 1. The van der Waals surface area contributed by atoms with Crippen LogP contribution in [0.2, 0.25) is 0 Å². The molecule has 2 fully saturated rings. The maximum atomic E-state index is 12.6. The molecule has 104 valence electrons. The van der Waals surface area contributed by atoms with Gasteiger partial charge in [-0.1, -0.05) is 0 Å². The van der Waals surface area contributed by atoms with Gasteiger partial charge in [0.25, 0.3) is 0 Å². The molecular weight excluding hydrogens is 255 g/mol. The smallest absolute Gasteiger partial charge is 0.366 e. The molecule has 3 heterocycles. The van der Waals surface area contributed by atoms with Crippen molar-refractivity contribution < 1.29 is 13.2 Å². The third-order valence-electron chi connectivity index (χ3n) is 4.03. The summed E-state index contributed by atoms with van der Waals surface area (Å²) in [4.78, 5) is 6.41. The van der Waals surface area contributed by atoms with Gasteiger partial charge in [-0.3, -0.25) is 4.90 Å². The number of hydrogen-bond donors (Lipinski definition) is 1. The Morgan fingerprint density at radius 3 is 2.89 bits per heavy atom. The highest BCUT2D eigenvalue weighted by molar-refractivity contribution is 5.40. The van der Waals surface area contributed by atoms with Crippen LogP contribution in [-0.4, -0.2) is 35.1 Å². The highest BCUT2D eigenvalue weighted by atomic mass is 19.4. The van der Waals surface area contributed by atoms with Gasteiger partial charge in [0, 0.05) is 24.8 Å². The van der Waals surface area contributed by atoms with Crippen molar-refractivity contribution in [3.63, 3.8) is 0 Å². The van der Waals surface area contributed by atoms with Gasteiger partial charge in [-0.05, 0) is 37.9 Å². The van der Waals surface area contributed by atoms with E-state index in [1.54, 1.807) is 0 Å². The number of fused-ring (bicyclic) bond motifs is 1. The molecule has 1 N–H and O–H groups in total. The number of alkyl halides is 3. The van der Waals surface area contributed by atoms with Crippen LogP contribution in [0.4, 0.5) is 19.0 Å². The monoisotopic (exact) mass is 271 g/mol. The van der Waals surface area contributed by atoms with Gasteiger partial charge in [-0.25, -0.2) is 4.98 Å². The molecule has 0 aliphatic carbocycles. The Morgan fingerprint density at radius 1 is 1.26 bits per heavy atom. The molecule has 2 saturated heterocycles. The molecule has 19 heavy (non-hydrogen) atoms. The molecule has 3 nitrogen and oxygen atoms in total. The maximum absolute atomic E-state index is 12.6. The van der Waals surface area contributed by atoms with E-state index >= 15 is 0 Å². The molecular formula is C13H16F3N3. The van der Waals surface area contributed by atoms with Gasteiger partial charge in [0.05, 0.1) is 5.56 Å². The molecule has 0 saturated carbocycles. The molecule has 2 aliphatic heterocycles. The van der Waals surface area contributed by atoms with Crippen LogP contribution in [0.25, 0.3) is 0 Å². The van der Waals surface area contributed by atoms with Crippen molar-refractivity contribution in [2.45, 2.75) is 37.5 Å². The summed E-state index contributed by atoms with van der Waals surface area (Å²) in [5.41, 5.74) is -0.647. The van der Waals surface area contributed by atoms with Crippen molar-refractivity contribution in [3.05, 3.63) is 23.9 Å². The van der Waals surface area contributed by atoms with E-state index in [0.717, 1.165) is 38.1 Å². The zero-order valence-electron chi connectivity index (χ0n) is 10.5. The van der Waals surface area contributed by atoms with Gasteiger partial charge < -0.3 is 5.32 Å². The Hall–Kier alpha value is -1.30. The number of nitrogens with one attached hydrogen (secondary N) is 1. The van der Waals surface area contributed by atoms with Gasteiger partial charge in [0.15, 0.2) is 0 Å². The third kappa shape index (κ3) is 2.54. The molecule has 0 bridgehead atoms. The van der Waals surface area contributed by atoms with Crippen LogP contribution in [0, 0.1) is 0 Å². The fourth-order valence-electron chi connectivity index (χ4n) is 3.13. The van der Waals surface area contributed by atoms with Crippen molar-refractivity contribution >= 4 is 5.82 Å². The normalized spacial score (nSPS) is 27.5. The minimum atomic E-state index is -4.31. The van der Waals surface area contributed by atoms with Gasteiger partial charge in [-0.15, -0.1) is 0 Å². The first-order valence-electron chi connectivity index (χ1n) is 6.58. The van der Waals surface area contributed by atoms with Gasteiger partial charge in [0.2, 0.25) is 0 Å². The van der Waals surface area contributed by atoms with Crippen molar-refractivity contribution in [2.75, 3.05) is 18.4 Å². The fraction of sp³-hybridized carbons (Fsp3) is 0.615. The van der Waals surface area contributed by atoms with E-state index in [2.05, 4.69) is 15.2 Å². The molecule has 0 aromatic carbocycles. The number of halogens is 3. The van der Waals surface area contributed by atoms with Crippen molar-refractivity contribution in [1.82, 2.24) is 9.88 Å². The number of rotatable bonds is 2. The zero-order valence-corrected chi connectivity index (χ0v) is 10.5. The molecule has 0 spiro atoms. The summed E-state index contributed by atoms with van der Waals surface area (Å²) in [6.45, 7) is 2.14. The van der Waals surface area contributed by atoms with Gasteiger partial charge >= 0.3 is 6.18 Å². The Bertz CT molecular complexity index is 461. The molecule has 0 radical (unpaired) electrons. The number of nitrogens with zero attached hydrogens (tertiary/aromatic N) is 2. The molecule has 1 aromatic rings. The van der Waals surface area contributed by atoms with E-state index < -0.39 is 11.7 Å². The summed E-state index contributed by atoms with van der Waals surface area (Å²) in [6, 6.07) is 2.77. The predicted octanol–water partition coefficient (Wildman–Crippen LogP) is 2.75. The first kappa shape index (κ1) is 12.7. The Labute approximate surface area is 109 Å². The van der Waals surface area contributed by atoms with Crippen LogP contribution in [0.15, 0.2) is 18.3 Å². The first-order valence-corrected chi connectivity index (χ1v) is 6.58. The van der Waals surface area contributed by atoms with Gasteiger partial charge in [0.1, 0.15) is 5.82 Å². The second-order valence-electron chi connectivity index (χ2n) is 5.21. The summed E-state index contributed by atoms with van der Waals surface area (Å²) in [5.74, 6) is 0.327. The Kier molecular flexibility index (Phi) is 3.12. The van der Waals surface area contributed by atoms with Crippen LogP contribution in [0.3, 0.4) is 0 Å². The number of pyridine rings is 1. The van der Waals surface area contributed by atoms with E-state index in [1.165, 1.54) is 12.6 Å². The SMILES string of the molecule is FC(F)(F)c1ccnc(NC2CCN3CCCC23)c1. The average molecular weight is 271 g/mol. The topological polar surface area (TPSA) is 28.2 Å². The van der Waals surface area contributed by atoms with Gasteiger partial charge in [-0.2, -0.15) is 13.2 Å². The minimum absolute atomic E-state index is 0.221. The summed E-state index contributed by atoms with van der Waals surface area (Å²) in [6.07, 6.45) is 0.180. The minimum Gasteiger partial charge on any atom is -0.366 e. The van der Waals surface area contributed by atoms with Crippen LogP contribution >= 0.6 is 0 Å². The van der Waals surface area contributed by atoms with E-state index in [-0.39, 0.29) is 6.04 Å². The van der Waals surface area contributed by atoms with Crippen LogP contribution in [0.1, 0.15) is 24.8 Å². The summed E-state index contributed by atoms with van der Waals surface area (Å²) >= 11 is 0. The van der Waals surface area contributed by atoms with Crippen LogP contribution in [0.5, 0.6) is 0 Å². The number of aromatic nitrogens is 1. The summed E-state index contributed by atoms with van der Waals surface area (Å²) in [7, 11) is 0. The first-order chi connectivity index (χ1) is 9.04. The second kappa shape index (κ2) is 4.67. The second-order valence-corrected chi connectivity index (χ2v) is 5.21. The van der Waals surface area contributed by atoms with Crippen molar-refractivity contribution in [3.8, 4) is 0 Å². The number of hydrogen-bond acceptors (Lipinski definition) is 3. The molecule has 3 rings (SSSR count). The zero-order chi connectivity index (χ0) is 13.5. The Morgan fingerprint density at radius 2 is 2.11 bits per heavy atom. The molecule has 1 aromatic heterocycles. The molecule has 2 aliphatic rings. The van der Waals surface area contributed by atoms with Crippen molar-refractivity contribution in [1.29, 1.82) is 0 Å². The highest BCUT2D eigenvalue weighted by Gasteiger charge is 2.37. The standard InChI is InChI=1S/C13H16F3N3/c14-13(15,16)9-3-5-17-12(8-9)18-10-4-7-19-6-1-2-11(10)19/h3,5,8,10-11H,1-2,4,6-7H2,(H,17,18). The maximum Gasteiger partial charge on any atom is 0.416 e. The Balaban J connectivity index is 1.73. The lowest BCUT2D eigenvalue weighted by atomic mass is 10.1. The largest absolute Gasteiger partial charge is 0.416 e. The van der Waals surface area contributed by atoms with E-state index in [4.69, 9.17) is 0 Å². The van der Waals surface area contributed by atoms with E-state index in [9.17, 15) is 13.2 Å². The van der Waals surface area contributed by atoms with E-state index in [1.807, 2.05) is 0 Å². The lowest BCUT2D eigenvalue weighted by molar-refractivity contribution is -0.137. The molecule has 2 unspecified atom stereocenters. The fourth-order valence-corrected chi connectivity index (χ4v) is 3.13. The third-order valence-corrected chi connectivity index (χ3v) is 4.03. The molecule has 6 heteroatoms. The lowest BCUT2D eigenvalue weighted by Crippen LogP contribution is -2.34. The summed E-state index contributed by atoms with van der Waals surface area (Å²) in [5, 5.41) is 3.17. The summed E-state index contributed by atoms with van der Waals surface area (Å²) < 4.78 is 37.9. The predicted molar refractivity (Wildman–Crippen MR) is 65.9 cm³/mol. The quantitative estimate of drug-likeness (QED) is 0.896. The van der Waals surface area contributed by atoms with E-state index in [0.29, 0.717) is 11.9 Å². The average Bonchev–Trinajstić information content (AvgIpc) is 2.93.